The molecule has 0 saturated heterocycles. The van der Waals surface area contributed by atoms with Crippen molar-refractivity contribution in [2.45, 2.75) is 32.8 Å². The van der Waals surface area contributed by atoms with E-state index < -0.39 is 5.97 Å². The zero-order valence-electron chi connectivity index (χ0n) is 9.14. The van der Waals surface area contributed by atoms with E-state index in [1.54, 1.807) is 0 Å². The Hall–Kier alpha value is -1.35. The zero-order valence-corrected chi connectivity index (χ0v) is 9.14. The van der Waals surface area contributed by atoms with Gasteiger partial charge >= 0.3 is 0 Å². The molecule has 0 heterocycles. The van der Waals surface area contributed by atoms with Gasteiger partial charge in [0, 0.05) is 5.97 Å². The second-order valence-corrected chi connectivity index (χ2v) is 3.36. The maximum atomic E-state index is 9.01. The minimum absolute atomic E-state index is 0.185. The van der Waals surface area contributed by atoms with Crippen molar-refractivity contribution < 1.29 is 15.0 Å². The van der Waals surface area contributed by atoms with Crippen LogP contribution in [0.5, 0.6) is 0 Å². The summed E-state index contributed by atoms with van der Waals surface area (Å²) in [6.07, 6.45) is 1.64. The van der Waals surface area contributed by atoms with Gasteiger partial charge in [0.25, 0.3) is 0 Å². The van der Waals surface area contributed by atoms with E-state index in [9.17, 15) is 0 Å². The summed E-state index contributed by atoms with van der Waals surface area (Å²) in [5, 5.41) is 17.9. The molecule has 3 heteroatoms. The summed E-state index contributed by atoms with van der Waals surface area (Å²) in [4.78, 5) is 8.89. The SMILES string of the molecule is CC(=O)[O-].CC(O)CCc1ccccc1. The quantitative estimate of drug-likeness (QED) is 0.799. The molecule has 84 valence electrons. The van der Waals surface area contributed by atoms with Crippen molar-refractivity contribution in [1.82, 2.24) is 0 Å². The van der Waals surface area contributed by atoms with E-state index in [1.807, 2.05) is 25.1 Å². The van der Waals surface area contributed by atoms with Crippen molar-refractivity contribution in [2.75, 3.05) is 0 Å². The molecular formula is C12H17O3-. The van der Waals surface area contributed by atoms with Gasteiger partial charge in [-0.05, 0) is 32.3 Å². The first-order valence-electron chi connectivity index (χ1n) is 4.92. The summed E-state index contributed by atoms with van der Waals surface area (Å²) in [5.41, 5.74) is 1.30. The molecule has 0 fully saturated rings. The molecule has 1 aromatic carbocycles. The maximum absolute atomic E-state index is 9.01. The fourth-order valence-electron chi connectivity index (χ4n) is 1.02. The summed E-state index contributed by atoms with van der Waals surface area (Å²) in [7, 11) is 0. The monoisotopic (exact) mass is 209 g/mol. The van der Waals surface area contributed by atoms with Crippen LogP contribution in [0.25, 0.3) is 0 Å². The van der Waals surface area contributed by atoms with Crippen molar-refractivity contribution in [3.05, 3.63) is 35.9 Å². The van der Waals surface area contributed by atoms with Crippen LogP contribution in [0, 0.1) is 0 Å². The van der Waals surface area contributed by atoms with E-state index in [4.69, 9.17) is 15.0 Å². The predicted molar refractivity (Wildman–Crippen MR) is 57.1 cm³/mol. The summed E-state index contributed by atoms with van der Waals surface area (Å²) in [6.45, 7) is 2.79. The molecule has 0 aliphatic heterocycles. The fraction of sp³-hybridized carbons (Fsp3) is 0.417. The number of carbonyl (C=O) groups excluding carboxylic acids is 1. The topological polar surface area (TPSA) is 60.4 Å². The van der Waals surface area contributed by atoms with Crippen LogP contribution in [-0.2, 0) is 11.2 Å². The van der Waals surface area contributed by atoms with Crippen LogP contribution in [0.4, 0.5) is 0 Å². The van der Waals surface area contributed by atoms with Crippen LogP contribution in [0.2, 0.25) is 0 Å². The van der Waals surface area contributed by atoms with Crippen LogP contribution >= 0.6 is 0 Å². The van der Waals surface area contributed by atoms with Crippen LogP contribution < -0.4 is 5.11 Å². The Kier molecular flexibility index (Phi) is 7.28. The largest absolute Gasteiger partial charge is 0.550 e. The Morgan fingerprint density at radius 1 is 1.40 bits per heavy atom. The molecule has 1 atom stereocenters. The molecule has 1 N–H and O–H groups in total. The van der Waals surface area contributed by atoms with E-state index in [0.29, 0.717) is 0 Å². The summed E-state index contributed by atoms with van der Waals surface area (Å²) in [5.74, 6) is -1.08. The average Bonchev–Trinajstić information content (AvgIpc) is 2.15. The molecule has 0 bridgehead atoms. The first-order valence-corrected chi connectivity index (χ1v) is 4.92. The molecule has 0 amide bonds. The lowest BCUT2D eigenvalue weighted by molar-refractivity contribution is -0.302. The van der Waals surface area contributed by atoms with Crippen molar-refractivity contribution in [2.24, 2.45) is 0 Å². The number of hydrogen-bond donors (Lipinski definition) is 1. The van der Waals surface area contributed by atoms with Crippen molar-refractivity contribution in [1.29, 1.82) is 0 Å². The molecule has 0 radical (unpaired) electrons. The predicted octanol–water partition coefficient (Wildman–Crippen LogP) is 0.756. The smallest absolute Gasteiger partial charge is 0.0515 e. The van der Waals surface area contributed by atoms with Gasteiger partial charge in [0.1, 0.15) is 0 Å². The Bertz CT molecular complexity index is 263. The lowest BCUT2D eigenvalue weighted by Crippen LogP contribution is -2.16. The van der Waals surface area contributed by atoms with Gasteiger partial charge in [0.15, 0.2) is 0 Å². The molecule has 0 spiro atoms. The molecule has 0 saturated carbocycles. The number of carboxylic acids is 1. The van der Waals surface area contributed by atoms with Crippen molar-refractivity contribution >= 4 is 5.97 Å². The van der Waals surface area contributed by atoms with Crippen molar-refractivity contribution in [3.8, 4) is 0 Å². The third kappa shape index (κ3) is 10.6. The van der Waals surface area contributed by atoms with Gasteiger partial charge in [0.2, 0.25) is 0 Å². The van der Waals surface area contributed by atoms with E-state index >= 15 is 0 Å². The fourth-order valence-corrected chi connectivity index (χ4v) is 1.02. The molecule has 0 aliphatic rings. The van der Waals surface area contributed by atoms with E-state index in [1.165, 1.54) is 5.56 Å². The van der Waals surface area contributed by atoms with Gasteiger partial charge in [-0.15, -0.1) is 0 Å². The van der Waals surface area contributed by atoms with E-state index in [2.05, 4.69) is 12.1 Å². The number of aryl methyl sites for hydroxylation is 1. The minimum atomic E-state index is -1.08. The number of aliphatic carboxylic acids is 1. The van der Waals surface area contributed by atoms with Gasteiger partial charge in [-0.25, -0.2) is 0 Å². The lowest BCUT2D eigenvalue weighted by atomic mass is 10.1. The molecule has 1 unspecified atom stereocenters. The van der Waals surface area contributed by atoms with Crippen LogP contribution in [0.3, 0.4) is 0 Å². The molecule has 1 aromatic rings. The normalized spacial score (nSPS) is 11.1. The highest BCUT2D eigenvalue weighted by atomic mass is 16.4. The third-order valence-electron chi connectivity index (χ3n) is 1.69. The number of carboxylic acid groups (broad SMARTS) is 1. The Balaban J connectivity index is 0.000000423. The summed E-state index contributed by atoms with van der Waals surface area (Å²) in [6, 6.07) is 10.2. The van der Waals surface area contributed by atoms with Crippen LogP contribution in [0.1, 0.15) is 25.8 Å². The molecule has 0 aromatic heterocycles. The lowest BCUT2D eigenvalue weighted by Gasteiger charge is -2.02. The highest BCUT2D eigenvalue weighted by Gasteiger charge is 1.95. The highest BCUT2D eigenvalue weighted by Crippen LogP contribution is 2.03. The van der Waals surface area contributed by atoms with Gasteiger partial charge in [-0.1, -0.05) is 30.3 Å². The average molecular weight is 209 g/mol. The highest BCUT2D eigenvalue weighted by molar-refractivity contribution is 5.60. The molecule has 15 heavy (non-hydrogen) atoms. The molecular weight excluding hydrogens is 192 g/mol. The van der Waals surface area contributed by atoms with Gasteiger partial charge in [-0.2, -0.15) is 0 Å². The van der Waals surface area contributed by atoms with Crippen LogP contribution in [0.15, 0.2) is 30.3 Å². The Labute approximate surface area is 90.4 Å². The summed E-state index contributed by atoms with van der Waals surface area (Å²) >= 11 is 0. The minimum Gasteiger partial charge on any atom is -0.550 e. The number of rotatable bonds is 3. The third-order valence-corrected chi connectivity index (χ3v) is 1.69. The zero-order chi connectivity index (χ0) is 11.7. The van der Waals surface area contributed by atoms with Crippen LogP contribution in [-0.4, -0.2) is 17.2 Å². The second kappa shape index (κ2) is 8.00. The van der Waals surface area contributed by atoms with Crippen molar-refractivity contribution in [3.63, 3.8) is 0 Å². The molecule has 1 rings (SSSR count). The number of carbonyl (C=O) groups is 1. The number of benzene rings is 1. The number of hydrogen-bond acceptors (Lipinski definition) is 3. The first-order chi connectivity index (χ1) is 7.02. The van der Waals surface area contributed by atoms with Gasteiger partial charge < -0.3 is 15.0 Å². The Morgan fingerprint density at radius 3 is 2.27 bits per heavy atom. The maximum Gasteiger partial charge on any atom is 0.0515 e. The second-order valence-electron chi connectivity index (χ2n) is 3.36. The standard InChI is InChI=1S/C10H14O.C2H4O2/c1-9(11)7-8-10-5-3-2-4-6-10;1-2(3)4/h2-6,9,11H,7-8H2,1H3;1H3,(H,3,4)/p-1. The first kappa shape index (κ1) is 13.7. The van der Waals surface area contributed by atoms with E-state index in [-0.39, 0.29) is 6.10 Å². The Morgan fingerprint density at radius 2 is 1.87 bits per heavy atom. The van der Waals surface area contributed by atoms with E-state index in [0.717, 1.165) is 19.8 Å². The van der Waals surface area contributed by atoms with Gasteiger partial charge in [0.05, 0.1) is 6.10 Å². The molecule has 3 nitrogen and oxygen atoms in total. The number of aliphatic hydroxyl groups excluding tert-OH is 1. The number of aliphatic hydroxyl groups is 1. The molecule has 0 aliphatic carbocycles. The van der Waals surface area contributed by atoms with Gasteiger partial charge in [-0.3, -0.25) is 0 Å². The summed E-state index contributed by atoms with van der Waals surface area (Å²) < 4.78 is 0.